The van der Waals surface area contributed by atoms with Gasteiger partial charge in [0.15, 0.2) is 0 Å². The highest BCUT2D eigenvalue weighted by molar-refractivity contribution is 6.09. The van der Waals surface area contributed by atoms with Crippen LogP contribution in [0.25, 0.3) is 17.7 Å². The maximum atomic E-state index is 10.6. The van der Waals surface area contributed by atoms with Crippen LogP contribution in [-0.4, -0.2) is 32.6 Å². The lowest BCUT2D eigenvalue weighted by molar-refractivity contribution is -0.141. The highest BCUT2D eigenvalue weighted by Crippen LogP contribution is 1.91. The van der Waals surface area contributed by atoms with Gasteiger partial charge in [-0.2, -0.15) is 4.79 Å². The largest absolute Gasteiger partial charge is 0.464 e. The molecule has 17 heavy (non-hydrogen) atoms. The molecule has 0 amide bonds. The normalized spacial score (nSPS) is 13.1. The lowest BCUT2D eigenvalue weighted by Crippen LogP contribution is -2.34. The molecule has 6 heteroatoms. The van der Waals surface area contributed by atoms with E-state index in [1.54, 1.807) is 12.4 Å². The van der Waals surface area contributed by atoms with E-state index < -0.39 is 0 Å². The van der Waals surface area contributed by atoms with Crippen LogP contribution < -0.4 is 10.7 Å². The fourth-order valence-corrected chi connectivity index (χ4v) is 1.69. The van der Waals surface area contributed by atoms with Gasteiger partial charge in [0.05, 0.1) is 36.1 Å². The molecule has 0 aromatic carbocycles. The molecular weight excluding hydrogens is 220 g/mol. The second-order valence-corrected chi connectivity index (χ2v) is 3.69. The Morgan fingerprint density at radius 3 is 3.24 bits per heavy atom. The predicted molar refractivity (Wildman–Crippen MR) is 60.3 cm³/mol. The lowest BCUT2D eigenvalue weighted by Gasteiger charge is -2.03. The Morgan fingerprint density at radius 1 is 1.71 bits per heavy atom. The van der Waals surface area contributed by atoms with Crippen LogP contribution in [0, 0.1) is 0 Å². The number of esters is 1. The van der Waals surface area contributed by atoms with Crippen molar-refractivity contribution in [3.8, 4) is 0 Å². The van der Waals surface area contributed by atoms with Crippen LogP contribution in [0.1, 0.15) is 13.3 Å². The molecule has 0 fully saturated rings. The predicted octanol–water partition coefficient (Wildman–Crippen LogP) is -0.918. The Bertz CT molecular complexity index is 608. The zero-order valence-corrected chi connectivity index (χ0v) is 9.46. The van der Waals surface area contributed by atoms with Gasteiger partial charge in [0.2, 0.25) is 0 Å². The number of ether oxygens (including phenoxy) is 1. The van der Waals surface area contributed by atoms with Crippen molar-refractivity contribution in [2.75, 3.05) is 6.61 Å². The van der Waals surface area contributed by atoms with Gasteiger partial charge in [0, 0.05) is 6.92 Å². The molecular formula is C11H12N4O2. The Hall–Kier alpha value is -2.20. The molecule has 0 spiro atoms. The highest BCUT2D eigenvalue weighted by atomic mass is 16.5. The number of nitrogens with zero attached hydrogens (tertiary/aromatic N) is 4. The Balaban J connectivity index is 2.21. The van der Waals surface area contributed by atoms with Crippen molar-refractivity contribution < 1.29 is 14.3 Å². The summed E-state index contributed by atoms with van der Waals surface area (Å²) >= 11 is 0. The minimum absolute atomic E-state index is 0.288. The molecule has 1 aliphatic carbocycles. The number of imidazole rings is 1. The fraction of sp³-hybridized carbons (Fsp3) is 0.364. The van der Waals surface area contributed by atoms with Gasteiger partial charge in [0.25, 0.3) is 5.71 Å². The Labute approximate surface area is 97.5 Å². The molecule has 6 nitrogen and oxygen atoms in total. The summed E-state index contributed by atoms with van der Waals surface area (Å²) in [5.41, 5.74) is 9.26. The summed E-state index contributed by atoms with van der Waals surface area (Å²) in [4.78, 5) is 18.0. The molecule has 1 aromatic heterocycles. The molecule has 0 atom stereocenters. The van der Waals surface area contributed by atoms with Crippen LogP contribution >= 0.6 is 0 Å². The first-order valence-corrected chi connectivity index (χ1v) is 5.28. The van der Waals surface area contributed by atoms with Crippen LogP contribution in [0.2, 0.25) is 0 Å². The standard InChI is InChI=1S/C11H12N4O2/c1-8(16)17-5-4-15-7-13-10-6-9(14-12)2-3-11(10)15/h3,6-7H,2,4-5H2,1H3. The maximum absolute atomic E-state index is 10.6. The van der Waals surface area contributed by atoms with E-state index in [0.717, 1.165) is 10.7 Å². The summed E-state index contributed by atoms with van der Waals surface area (Å²) in [6, 6.07) is 0. The van der Waals surface area contributed by atoms with E-state index >= 15 is 0 Å². The molecule has 0 N–H and O–H groups in total. The van der Waals surface area contributed by atoms with E-state index in [1.807, 2.05) is 10.6 Å². The van der Waals surface area contributed by atoms with Gasteiger partial charge in [-0.3, -0.25) is 4.79 Å². The molecule has 0 unspecified atom stereocenters. The summed E-state index contributed by atoms with van der Waals surface area (Å²) < 4.78 is 6.78. The van der Waals surface area contributed by atoms with Crippen LogP contribution in [0.15, 0.2) is 6.33 Å². The molecule has 0 radical (unpaired) electrons. The molecule has 0 saturated heterocycles. The SMILES string of the molecule is CC(=O)OCCn1cnc2c1=CCC(=[N+]=[N-])C=2. The monoisotopic (exact) mass is 232 g/mol. The zero-order chi connectivity index (χ0) is 12.3. The molecule has 2 rings (SSSR count). The van der Waals surface area contributed by atoms with Gasteiger partial charge in [-0.05, 0) is 6.08 Å². The minimum atomic E-state index is -0.288. The summed E-state index contributed by atoms with van der Waals surface area (Å²) in [5, 5.41) is 1.73. The number of fused-ring (bicyclic) bond motifs is 1. The first-order chi connectivity index (χ1) is 8.20. The van der Waals surface area contributed by atoms with Gasteiger partial charge in [-0.25, -0.2) is 4.98 Å². The van der Waals surface area contributed by atoms with E-state index in [9.17, 15) is 4.79 Å². The van der Waals surface area contributed by atoms with Gasteiger partial charge in [-0.15, -0.1) is 0 Å². The van der Waals surface area contributed by atoms with Crippen molar-refractivity contribution in [1.29, 1.82) is 0 Å². The van der Waals surface area contributed by atoms with Gasteiger partial charge >= 0.3 is 5.97 Å². The van der Waals surface area contributed by atoms with Gasteiger partial charge in [-0.1, -0.05) is 0 Å². The first kappa shape index (κ1) is 11.3. The first-order valence-electron chi connectivity index (χ1n) is 5.28. The van der Waals surface area contributed by atoms with Crippen molar-refractivity contribution in [3.63, 3.8) is 0 Å². The third kappa shape index (κ3) is 2.49. The Morgan fingerprint density at radius 2 is 2.53 bits per heavy atom. The number of carbonyl (C=O) groups excluding carboxylic acids is 1. The zero-order valence-electron chi connectivity index (χ0n) is 9.46. The second-order valence-electron chi connectivity index (χ2n) is 3.69. The molecule has 0 aliphatic heterocycles. The smallest absolute Gasteiger partial charge is 0.302 e. The molecule has 88 valence electrons. The van der Waals surface area contributed by atoms with Crippen molar-refractivity contribution in [3.05, 3.63) is 22.6 Å². The quantitative estimate of drug-likeness (QED) is 0.384. The van der Waals surface area contributed by atoms with Crippen molar-refractivity contribution in [1.82, 2.24) is 9.55 Å². The van der Waals surface area contributed by atoms with Crippen LogP contribution in [0.4, 0.5) is 0 Å². The van der Waals surface area contributed by atoms with E-state index in [-0.39, 0.29) is 5.97 Å². The average Bonchev–Trinajstić information content (AvgIpc) is 2.71. The van der Waals surface area contributed by atoms with Crippen LogP contribution in [0.5, 0.6) is 0 Å². The maximum Gasteiger partial charge on any atom is 0.302 e. The number of hydrogen-bond donors (Lipinski definition) is 0. The molecule has 1 aliphatic rings. The average molecular weight is 232 g/mol. The molecule has 1 aromatic rings. The number of hydrogen-bond acceptors (Lipinski definition) is 3. The second kappa shape index (κ2) is 4.76. The molecule has 0 saturated carbocycles. The number of rotatable bonds is 3. The molecule has 0 bridgehead atoms. The van der Waals surface area contributed by atoms with Gasteiger partial charge in [0.1, 0.15) is 6.61 Å². The summed E-state index contributed by atoms with van der Waals surface area (Å²) in [6.07, 6.45) is 5.92. The lowest BCUT2D eigenvalue weighted by atomic mass is 10.2. The summed E-state index contributed by atoms with van der Waals surface area (Å²) in [7, 11) is 0. The van der Waals surface area contributed by atoms with Crippen LogP contribution in [0.3, 0.4) is 0 Å². The van der Waals surface area contributed by atoms with Gasteiger partial charge < -0.3 is 14.8 Å². The number of aromatic nitrogens is 2. The highest BCUT2D eigenvalue weighted by Gasteiger charge is 2.10. The fourth-order valence-electron chi connectivity index (χ4n) is 1.69. The van der Waals surface area contributed by atoms with E-state index in [4.69, 9.17) is 10.3 Å². The van der Waals surface area contributed by atoms with E-state index in [2.05, 4.69) is 9.77 Å². The summed E-state index contributed by atoms with van der Waals surface area (Å²) in [6.45, 7) is 2.28. The van der Waals surface area contributed by atoms with Crippen LogP contribution in [-0.2, 0) is 16.1 Å². The summed E-state index contributed by atoms with van der Waals surface area (Å²) in [5.74, 6) is -0.288. The van der Waals surface area contributed by atoms with E-state index in [0.29, 0.717) is 25.3 Å². The molecule has 1 heterocycles. The Kier molecular flexibility index (Phi) is 3.16. The van der Waals surface area contributed by atoms with E-state index in [1.165, 1.54) is 6.92 Å². The van der Waals surface area contributed by atoms with Crippen molar-refractivity contribution in [2.45, 2.75) is 19.9 Å². The topological polar surface area (TPSA) is 80.5 Å². The van der Waals surface area contributed by atoms with Crippen molar-refractivity contribution >= 4 is 23.8 Å². The third-order valence-corrected chi connectivity index (χ3v) is 2.48. The minimum Gasteiger partial charge on any atom is -0.464 e. The number of carbonyl (C=O) groups is 1. The van der Waals surface area contributed by atoms with Crippen molar-refractivity contribution in [2.24, 2.45) is 0 Å². The third-order valence-electron chi connectivity index (χ3n) is 2.48.